The van der Waals surface area contributed by atoms with E-state index in [4.69, 9.17) is 10.5 Å². The molecule has 3 aromatic rings. The van der Waals surface area contributed by atoms with E-state index in [1.807, 2.05) is 19.0 Å². The highest BCUT2D eigenvalue weighted by Gasteiger charge is 2.34. The third-order valence-corrected chi connectivity index (χ3v) is 6.33. The summed E-state index contributed by atoms with van der Waals surface area (Å²) >= 11 is 0. The summed E-state index contributed by atoms with van der Waals surface area (Å²) in [6, 6.07) is 8.43. The second-order valence-electron chi connectivity index (χ2n) is 8.64. The number of hydrogen-bond donors (Lipinski definition) is 2. The number of halogens is 2. The van der Waals surface area contributed by atoms with Crippen molar-refractivity contribution in [2.75, 3.05) is 39.3 Å². The van der Waals surface area contributed by atoms with Crippen LogP contribution in [0.25, 0.3) is 22.5 Å². The monoisotopic (exact) mass is 483 g/mol. The number of aromatic nitrogens is 2. The van der Waals surface area contributed by atoms with Gasteiger partial charge in [0.15, 0.2) is 5.82 Å². The van der Waals surface area contributed by atoms with E-state index in [2.05, 4.69) is 14.9 Å². The van der Waals surface area contributed by atoms with E-state index < -0.39 is 17.5 Å². The minimum absolute atomic E-state index is 0.0165. The molecule has 1 aliphatic heterocycles. The third kappa shape index (κ3) is 4.67. The largest absolute Gasteiger partial charge is 0.496 e. The van der Waals surface area contributed by atoms with E-state index in [0.717, 1.165) is 0 Å². The second-order valence-corrected chi connectivity index (χ2v) is 8.64. The first kappa shape index (κ1) is 24.5. The molecule has 184 valence electrons. The number of amides is 1. The van der Waals surface area contributed by atoms with E-state index in [-0.39, 0.29) is 47.1 Å². The van der Waals surface area contributed by atoms with E-state index in [1.54, 1.807) is 12.1 Å². The number of primary amides is 1. The SMILES string of the molecule is COc1cccc(F)c1-c1ncc(-c2cc(F)ccc2N2C[C@@H](N(C)C)C[C@H]2CO)c(C(N)=O)n1. The molecule has 1 aromatic heterocycles. The molecule has 1 fully saturated rings. The van der Waals surface area contributed by atoms with Crippen molar-refractivity contribution < 1.29 is 23.4 Å². The van der Waals surface area contributed by atoms with Crippen LogP contribution in [-0.2, 0) is 0 Å². The Morgan fingerprint density at radius 2 is 2.03 bits per heavy atom. The Hall–Kier alpha value is -3.63. The fourth-order valence-electron chi connectivity index (χ4n) is 4.49. The molecule has 8 nitrogen and oxygen atoms in total. The van der Waals surface area contributed by atoms with E-state index in [1.165, 1.54) is 37.6 Å². The molecule has 4 rings (SSSR count). The Morgan fingerprint density at radius 1 is 1.26 bits per heavy atom. The number of carbonyl (C=O) groups is 1. The van der Waals surface area contributed by atoms with Gasteiger partial charge in [0.1, 0.15) is 23.1 Å². The van der Waals surface area contributed by atoms with Crippen molar-refractivity contribution in [1.29, 1.82) is 0 Å². The number of benzene rings is 2. The van der Waals surface area contributed by atoms with Crippen LogP contribution in [0.5, 0.6) is 5.75 Å². The fourth-order valence-corrected chi connectivity index (χ4v) is 4.49. The van der Waals surface area contributed by atoms with E-state index >= 15 is 0 Å². The highest BCUT2D eigenvalue weighted by molar-refractivity contribution is 6.00. The quantitative estimate of drug-likeness (QED) is 0.532. The lowest BCUT2D eigenvalue weighted by Crippen LogP contribution is -2.34. The normalized spacial score (nSPS) is 17.7. The number of rotatable bonds is 7. The van der Waals surface area contributed by atoms with Crippen LogP contribution < -0.4 is 15.4 Å². The highest BCUT2D eigenvalue weighted by Crippen LogP contribution is 2.38. The topological polar surface area (TPSA) is 105 Å². The van der Waals surface area contributed by atoms with Crippen molar-refractivity contribution in [2.45, 2.75) is 18.5 Å². The zero-order valence-corrected chi connectivity index (χ0v) is 19.7. The van der Waals surface area contributed by atoms with Gasteiger partial charge >= 0.3 is 0 Å². The summed E-state index contributed by atoms with van der Waals surface area (Å²) in [5, 5.41) is 10.0. The highest BCUT2D eigenvalue weighted by atomic mass is 19.1. The summed E-state index contributed by atoms with van der Waals surface area (Å²) in [6.07, 6.45) is 2.05. The predicted octanol–water partition coefficient (Wildman–Crippen LogP) is 2.70. The minimum atomic E-state index is -0.875. The number of nitrogens with two attached hydrogens (primary N) is 1. The lowest BCUT2D eigenvalue weighted by molar-refractivity contribution is 0.0996. The first-order valence-electron chi connectivity index (χ1n) is 11.1. The lowest BCUT2D eigenvalue weighted by Gasteiger charge is -2.28. The summed E-state index contributed by atoms with van der Waals surface area (Å²) < 4.78 is 34.3. The maximum absolute atomic E-state index is 14.6. The smallest absolute Gasteiger partial charge is 0.268 e. The molecule has 3 N–H and O–H groups in total. The Balaban J connectivity index is 1.87. The molecule has 35 heavy (non-hydrogen) atoms. The average Bonchev–Trinajstić information content (AvgIpc) is 3.28. The number of anilines is 1. The van der Waals surface area contributed by atoms with Crippen LogP contribution in [0.3, 0.4) is 0 Å². The summed E-state index contributed by atoms with van der Waals surface area (Å²) in [6.45, 7) is 0.500. The minimum Gasteiger partial charge on any atom is -0.496 e. The zero-order chi connectivity index (χ0) is 25.3. The van der Waals surface area contributed by atoms with Gasteiger partial charge in [-0.1, -0.05) is 6.07 Å². The summed E-state index contributed by atoms with van der Waals surface area (Å²) in [5.74, 6) is -1.92. The molecule has 0 radical (unpaired) electrons. The van der Waals surface area contributed by atoms with Crippen LogP contribution in [0.15, 0.2) is 42.6 Å². The molecule has 0 unspecified atom stereocenters. The first-order chi connectivity index (χ1) is 16.7. The number of likely N-dealkylation sites (N-methyl/N-ethyl adjacent to an activating group) is 1. The van der Waals surface area contributed by atoms with Gasteiger partial charge in [0.25, 0.3) is 5.91 Å². The zero-order valence-electron chi connectivity index (χ0n) is 19.7. The van der Waals surface area contributed by atoms with E-state index in [9.17, 15) is 18.7 Å². The number of carbonyl (C=O) groups excluding carboxylic acids is 1. The van der Waals surface area contributed by atoms with Crippen molar-refractivity contribution >= 4 is 11.6 Å². The summed E-state index contributed by atoms with van der Waals surface area (Å²) in [4.78, 5) is 25.0. The Labute approximate surface area is 202 Å². The molecule has 1 aliphatic rings. The number of ether oxygens (including phenoxy) is 1. The van der Waals surface area contributed by atoms with Gasteiger partial charge in [0.05, 0.1) is 25.3 Å². The standard InChI is InChI=1S/C25H27F2N5O3/c1-31(2)15-10-16(13-33)32(12-15)20-8-7-14(26)9-17(20)18-11-29-25(30-23(18)24(28)34)22-19(27)5-4-6-21(22)35-3/h4-9,11,15-16,33H,10,12-13H2,1-3H3,(H2,28,34)/t15-,16-/m0/s1. The molecule has 2 heterocycles. The van der Waals surface area contributed by atoms with Crippen LogP contribution >= 0.6 is 0 Å². The van der Waals surface area contributed by atoms with Crippen molar-refractivity contribution in [2.24, 2.45) is 5.73 Å². The van der Waals surface area contributed by atoms with Gasteiger partial charge in [-0.25, -0.2) is 18.7 Å². The van der Waals surface area contributed by atoms with Crippen LogP contribution in [0, 0.1) is 11.6 Å². The fraction of sp³-hybridized carbons (Fsp3) is 0.320. The van der Waals surface area contributed by atoms with Crippen molar-refractivity contribution in [3.63, 3.8) is 0 Å². The van der Waals surface area contributed by atoms with E-state index in [0.29, 0.717) is 24.2 Å². The van der Waals surface area contributed by atoms with Gasteiger partial charge in [-0.3, -0.25) is 4.79 Å². The van der Waals surface area contributed by atoms with Gasteiger partial charge in [-0.15, -0.1) is 0 Å². The molecule has 10 heteroatoms. The van der Waals surface area contributed by atoms with Gasteiger partial charge in [0.2, 0.25) is 0 Å². The van der Waals surface area contributed by atoms with Crippen LogP contribution in [0.4, 0.5) is 14.5 Å². The number of aliphatic hydroxyl groups excluding tert-OH is 1. The molecular formula is C25H27F2N5O3. The van der Waals surface area contributed by atoms with Gasteiger partial charge in [-0.2, -0.15) is 0 Å². The number of nitrogens with zero attached hydrogens (tertiary/aromatic N) is 4. The Morgan fingerprint density at radius 3 is 2.69 bits per heavy atom. The van der Waals surface area contributed by atoms with Crippen molar-refractivity contribution in [3.8, 4) is 28.3 Å². The second kappa shape index (κ2) is 9.93. The molecule has 2 aromatic carbocycles. The van der Waals surface area contributed by atoms with Gasteiger partial charge in [-0.05, 0) is 50.8 Å². The van der Waals surface area contributed by atoms with Crippen LogP contribution in [0.1, 0.15) is 16.9 Å². The molecule has 0 bridgehead atoms. The molecule has 1 amide bonds. The maximum Gasteiger partial charge on any atom is 0.268 e. The first-order valence-corrected chi connectivity index (χ1v) is 11.1. The molecule has 2 atom stereocenters. The molecule has 0 aliphatic carbocycles. The molecule has 0 saturated carbocycles. The van der Waals surface area contributed by atoms with Crippen molar-refractivity contribution in [1.82, 2.24) is 14.9 Å². The Kier molecular flexibility index (Phi) is 6.95. The van der Waals surface area contributed by atoms with Gasteiger partial charge in [0, 0.05) is 35.6 Å². The van der Waals surface area contributed by atoms with Gasteiger partial charge < -0.3 is 25.4 Å². The average molecular weight is 484 g/mol. The van der Waals surface area contributed by atoms with Crippen LogP contribution in [-0.4, -0.2) is 72.3 Å². The van der Waals surface area contributed by atoms with Crippen LogP contribution in [0.2, 0.25) is 0 Å². The third-order valence-electron chi connectivity index (χ3n) is 6.33. The number of hydrogen-bond acceptors (Lipinski definition) is 7. The number of methoxy groups -OCH3 is 1. The Bertz CT molecular complexity index is 1250. The molecule has 0 spiro atoms. The predicted molar refractivity (Wildman–Crippen MR) is 128 cm³/mol. The van der Waals surface area contributed by atoms with Crippen molar-refractivity contribution in [3.05, 3.63) is 59.9 Å². The summed E-state index contributed by atoms with van der Waals surface area (Å²) in [7, 11) is 5.31. The molecule has 1 saturated heterocycles. The summed E-state index contributed by atoms with van der Waals surface area (Å²) in [5.41, 5.74) is 6.62. The number of aliphatic hydroxyl groups is 1. The molecular weight excluding hydrogens is 456 g/mol. The lowest BCUT2D eigenvalue weighted by atomic mass is 10.0. The maximum atomic E-state index is 14.6.